The van der Waals surface area contributed by atoms with Gasteiger partial charge in [0.05, 0.1) is 5.69 Å². The monoisotopic (exact) mass is 390 g/mol. The van der Waals surface area contributed by atoms with Gasteiger partial charge in [0.25, 0.3) is 0 Å². The number of nitrogen functional groups attached to an aromatic ring is 1. The number of aromatic nitrogens is 3. The van der Waals surface area contributed by atoms with Crippen LogP contribution in [0.15, 0.2) is 18.5 Å². The van der Waals surface area contributed by atoms with E-state index in [1.165, 1.54) is 10.8 Å². The zero-order chi connectivity index (χ0) is 20.6. The summed E-state index contributed by atoms with van der Waals surface area (Å²) in [6.07, 6.45) is -2.97. The average Bonchev–Trinajstić information content (AvgIpc) is 3.21. The first-order valence-electron chi connectivity index (χ1n) is 8.67. The fourth-order valence-corrected chi connectivity index (χ4v) is 3.02. The summed E-state index contributed by atoms with van der Waals surface area (Å²) < 4.78 is 12.2. The third-order valence-electron chi connectivity index (χ3n) is 4.86. The van der Waals surface area contributed by atoms with Crippen molar-refractivity contribution in [1.82, 2.24) is 14.6 Å². The van der Waals surface area contributed by atoms with Gasteiger partial charge in [-0.15, -0.1) is 0 Å². The van der Waals surface area contributed by atoms with Gasteiger partial charge in [-0.05, 0) is 18.1 Å². The Kier molecular flexibility index (Phi) is 5.22. The molecule has 150 valence electrons. The number of fused-ring (bicyclic) bond motifs is 1. The molecule has 1 aliphatic heterocycles. The lowest BCUT2D eigenvalue weighted by Crippen LogP contribution is -2.48. The fraction of sp³-hybridized carbons (Fsp3) is 0.529. The summed E-state index contributed by atoms with van der Waals surface area (Å²) in [4.78, 5) is 15.9. The molecule has 11 nitrogen and oxygen atoms in total. The zero-order valence-corrected chi connectivity index (χ0v) is 15.4. The predicted molar refractivity (Wildman–Crippen MR) is 95.4 cm³/mol. The van der Waals surface area contributed by atoms with E-state index in [1.54, 1.807) is 26.0 Å². The van der Waals surface area contributed by atoms with Crippen LogP contribution in [0.4, 0.5) is 5.82 Å². The molecule has 28 heavy (non-hydrogen) atoms. The Labute approximate surface area is 160 Å². The number of hydrogen-bond acceptors (Lipinski definition) is 10. The number of carbonyl (C=O) groups excluding carboxylic acids is 1. The lowest BCUT2D eigenvalue weighted by Gasteiger charge is -2.25. The van der Waals surface area contributed by atoms with Crippen LogP contribution in [0, 0.1) is 17.2 Å². The van der Waals surface area contributed by atoms with Crippen LogP contribution in [0.3, 0.4) is 0 Å². The summed E-state index contributed by atoms with van der Waals surface area (Å²) in [7, 11) is 0. The van der Waals surface area contributed by atoms with Crippen LogP contribution in [-0.4, -0.2) is 61.2 Å². The highest BCUT2D eigenvalue weighted by Crippen LogP contribution is 2.40. The van der Waals surface area contributed by atoms with Crippen molar-refractivity contribution in [2.75, 3.05) is 12.3 Å². The third-order valence-corrected chi connectivity index (χ3v) is 4.86. The van der Waals surface area contributed by atoms with Crippen molar-refractivity contribution in [3.63, 3.8) is 0 Å². The molecule has 0 saturated carbocycles. The average molecular weight is 390 g/mol. The molecule has 0 amide bonds. The molecule has 0 aromatic carbocycles. The molecule has 2 aromatic rings. The number of ether oxygens (including phenoxy) is 2. The summed E-state index contributed by atoms with van der Waals surface area (Å²) in [5.41, 5.74) is 10.4. The number of hydrogen-bond donors (Lipinski definition) is 4. The highest BCUT2D eigenvalue weighted by Gasteiger charge is 2.57. The SMILES string of the molecule is CC(C)[C@H](N)C(=O)OC[C@@]1(C#N)O[C@@H](c2ccc3c(N)ncnn23)[C@H](O)[C@@H]1O. The Hall–Kier alpha value is -2.78. The quantitative estimate of drug-likeness (QED) is 0.457. The fourth-order valence-electron chi connectivity index (χ4n) is 3.02. The second kappa shape index (κ2) is 7.33. The maximum Gasteiger partial charge on any atom is 0.323 e. The molecule has 0 unspecified atom stereocenters. The van der Waals surface area contributed by atoms with Crippen molar-refractivity contribution in [2.24, 2.45) is 11.7 Å². The standard InChI is InChI=1S/C17H22N6O5/c1-8(2)11(19)16(26)27-6-17(5-18)14(25)12(24)13(28-17)9-3-4-10-15(20)21-7-22-23(9)10/h3-4,7-8,11-14,24-25H,6,19H2,1-2H3,(H2,20,21,22)/t11-,12-,13-,14-,17+/m0/s1. The number of nitrogens with zero attached hydrogens (tertiary/aromatic N) is 4. The number of esters is 1. The van der Waals surface area contributed by atoms with Gasteiger partial charge in [-0.25, -0.2) is 9.50 Å². The van der Waals surface area contributed by atoms with Gasteiger partial charge in [0, 0.05) is 0 Å². The van der Waals surface area contributed by atoms with Crippen LogP contribution < -0.4 is 11.5 Å². The summed E-state index contributed by atoms with van der Waals surface area (Å²) in [5.74, 6) is -0.681. The number of anilines is 1. The van der Waals surface area contributed by atoms with Crippen molar-refractivity contribution >= 4 is 17.3 Å². The predicted octanol–water partition coefficient (Wildman–Crippen LogP) is -1.11. The Balaban J connectivity index is 1.86. The molecule has 1 fully saturated rings. The summed E-state index contributed by atoms with van der Waals surface area (Å²) in [6.45, 7) is 2.91. The Morgan fingerprint density at radius 2 is 2.21 bits per heavy atom. The number of nitriles is 1. The normalized spacial score (nSPS) is 28.4. The van der Waals surface area contributed by atoms with Crippen molar-refractivity contribution in [3.8, 4) is 6.07 Å². The molecule has 3 heterocycles. The number of nitrogens with two attached hydrogens (primary N) is 2. The molecule has 0 bridgehead atoms. The van der Waals surface area contributed by atoms with Gasteiger partial charge in [0.2, 0.25) is 5.60 Å². The molecule has 2 aromatic heterocycles. The summed E-state index contributed by atoms with van der Waals surface area (Å²) >= 11 is 0. The van der Waals surface area contributed by atoms with Gasteiger partial charge >= 0.3 is 5.97 Å². The van der Waals surface area contributed by atoms with E-state index in [-0.39, 0.29) is 11.7 Å². The lowest BCUT2D eigenvalue weighted by atomic mass is 9.96. The molecule has 0 aliphatic carbocycles. The van der Waals surface area contributed by atoms with Gasteiger partial charge in [0.1, 0.15) is 48.9 Å². The van der Waals surface area contributed by atoms with Crippen molar-refractivity contribution < 1.29 is 24.5 Å². The first-order valence-corrected chi connectivity index (χ1v) is 8.67. The second-order valence-electron chi connectivity index (χ2n) is 7.05. The molecular weight excluding hydrogens is 368 g/mol. The van der Waals surface area contributed by atoms with Crippen molar-refractivity contribution in [2.45, 2.75) is 43.8 Å². The summed E-state index contributed by atoms with van der Waals surface area (Å²) in [6, 6.07) is 4.15. The second-order valence-corrected chi connectivity index (χ2v) is 7.05. The minimum Gasteiger partial charge on any atom is -0.460 e. The Morgan fingerprint density at radius 1 is 1.50 bits per heavy atom. The molecular formula is C17H22N6O5. The molecule has 1 saturated heterocycles. The van der Waals surface area contributed by atoms with Crippen LogP contribution in [-0.2, 0) is 14.3 Å². The van der Waals surface area contributed by atoms with E-state index < -0.39 is 42.5 Å². The van der Waals surface area contributed by atoms with E-state index in [0.29, 0.717) is 11.2 Å². The van der Waals surface area contributed by atoms with Crippen LogP contribution in [0.2, 0.25) is 0 Å². The molecule has 0 radical (unpaired) electrons. The van der Waals surface area contributed by atoms with E-state index in [4.69, 9.17) is 20.9 Å². The molecule has 6 N–H and O–H groups in total. The highest BCUT2D eigenvalue weighted by atomic mass is 16.6. The minimum atomic E-state index is -1.96. The first kappa shape index (κ1) is 20.0. The zero-order valence-electron chi connectivity index (χ0n) is 15.4. The molecule has 0 spiro atoms. The van der Waals surface area contributed by atoms with E-state index in [0.717, 1.165) is 0 Å². The molecule has 5 atom stereocenters. The minimum absolute atomic E-state index is 0.171. The largest absolute Gasteiger partial charge is 0.460 e. The first-order chi connectivity index (χ1) is 13.2. The number of aliphatic hydroxyl groups excluding tert-OH is 2. The lowest BCUT2D eigenvalue weighted by molar-refractivity contribution is -0.157. The number of aliphatic hydroxyl groups is 2. The number of carbonyl (C=O) groups is 1. The van der Waals surface area contributed by atoms with Crippen LogP contribution in [0.25, 0.3) is 5.52 Å². The molecule has 11 heteroatoms. The van der Waals surface area contributed by atoms with Gasteiger partial charge in [-0.2, -0.15) is 10.4 Å². The van der Waals surface area contributed by atoms with E-state index >= 15 is 0 Å². The molecule has 3 rings (SSSR count). The van der Waals surface area contributed by atoms with Crippen LogP contribution in [0.1, 0.15) is 25.6 Å². The van der Waals surface area contributed by atoms with Gasteiger partial charge < -0.3 is 31.2 Å². The van der Waals surface area contributed by atoms with Crippen LogP contribution >= 0.6 is 0 Å². The smallest absolute Gasteiger partial charge is 0.323 e. The van der Waals surface area contributed by atoms with E-state index in [1.807, 2.05) is 6.07 Å². The maximum absolute atomic E-state index is 12.0. The Morgan fingerprint density at radius 3 is 2.86 bits per heavy atom. The van der Waals surface area contributed by atoms with Gasteiger partial charge in [-0.3, -0.25) is 4.79 Å². The topological polar surface area (TPSA) is 182 Å². The Bertz CT molecular complexity index is 924. The van der Waals surface area contributed by atoms with E-state index in [9.17, 15) is 20.3 Å². The maximum atomic E-state index is 12.0. The van der Waals surface area contributed by atoms with Gasteiger partial charge in [-0.1, -0.05) is 13.8 Å². The van der Waals surface area contributed by atoms with E-state index in [2.05, 4.69) is 10.1 Å². The molecule has 1 aliphatic rings. The third kappa shape index (κ3) is 3.16. The van der Waals surface area contributed by atoms with Crippen molar-refractivity contribution in [1.29, 1.82) is 5.26 Å². The van der Waals surface area contributed by atoms with Gasteiger partial charge in [0.15, 0.2) is 5.82 Å². The van der Waals surface area contributed by atoms with Crippen LogP contribution in [0.5, 0.6) is 0 Å². The van der Waals surface area contributed by atoms with Crippen molar-refractivity contribution in [3.05, 3.63) is 24.2 Å². The number of rotatable bonds is 5. The highest BCUT2D eigenvalue weighted by molar-refractivity contribution is 5.75. The summed E-state index contributed by atoms with van der Waals surface area (Å²) in [5, 5.41) is 34.7.